The van der Waals surface area contributed by atoms with Gasteiger partial charge in [0, 0.05) is 31.4 Å². The average molecular weight is 572 g/mol. The number of hydrogen-bond acceptors (Lipinski definition) is 5. The van der Waals surface area contributed by atoms with E-state index in [4.69, 9.17) is 55.9 Å². The second-order valence-electron chi connectivity index (χ2n) is 7.15. The Balaban J connectivity index is 1.53. The molecular formula is C25H22Cl4N2O3S. The molecule has 3 aromatic carbocycles. The van der Waals surface area contributed by atoms with Crippen molar-refractivity contribution in [2.45, 2.75) is 19.3 Å². The highest BCUT2D eigenvalue weighted by Gasteiger charge is 2.10. The fraction of sp³-hybridized carbons (Fsp3) is 0.200. The topological polar surface area (TPSA) is 59.9 Å². The molecule has 0 bridgehead atoms. The summed E-state index contributed by atoms with van der Waals surface area (Å²) in [5.74, 6) is 1.62. The zero-order valence-electron chi connectivity index (χ0n) is 18.7. The number of hydrogen-bond donors (Lipinski definition) is 1. The molecule has 1 amide bonds. The Morgan fingerprint density at radius 1 is 0.971 bits per heavy atom. The van der Waals surface area contributed by atoms with E-state index in [1.165, 1.54) is 18.0 Å². The normalized spacial score (nSPS) is 11.0. The Labute approximate surface area is 228 Å². The van der Waals surface area contributed by atoms with Gasteiger partial charge in [0.25, 0.3) is 0 Å². The van der Waals surface area contributed by atoms with E-state index in [2.05, 4.69) is 10.5 Å². The van der Waals surface area contributed by atoms with Gasteiger partial charge in [-0.05, 0) is 60.5 Å². The van der Waals surface area contributed by atoms with E-state index in [1.807, 2.05) is 19.1 Å². The summed E-state index contributed by atoms with van der Waals surface area (Å²) < 4.78 is 11.6. The molecule has 5 nitrogen and oxygen atoms in total. The molecule has 1 N–H and O–H groups in total. The molecule has 3 aromatic rings. The molecule has 0 heterocycles. The third-order valence-electron chi connectivity index (χ3n) is 4.61. The first-order chi connectivity index (χ1) is 16.9. The third kappa shape index (κ3) is 8.51. The van der Waals surface area contributed by atoms with E-state index in [-0.39, 0.29) is 18.3 Å². The molecule has 0 fully saturated rings. The summed E-state index contributed by atoms with van der Waals surface area (Å²) in [6.45, 7) is 2.60. The van der Waals surface area contributed by atoms with Crippen LogP contribution in [-0.4, -0.2) is 24.5 Å². The van der Waals surface area contributed by atoms with Crippen LogP contribution < -0.4 is 14.9 Å². The van der Waals surface area contributed by atoms with E-state index in [0.29, 0.717) is 43.9 Å². The maximum absolute atomic E-state index is 12.1. The van der Waals surface area contributed by atoms with Crippen LogP contribution in [-0.2, 0) is 17.2 Å². The fourth-order valence-electron chi connectivity index (χ4n) is 2.91. The Hall–Kier alpha value is -2.09. The van der Waals surface area contributed by atoms with Crippen LogP contribution in [0.15, 0.2) is 59.7 Å². The minimum Gasteiger partial charge on any atom is -0.490 e. The maximum atomic E-state index is 12.1. The summed E-state index contributed by atoms with van der Waals surface area (Å²) in [4.78, 5) is 12.1. The van der Waals surface area contributed by atoms with Crippen molar-refractivity contribution in [2.24, 2.45) is 5.10 Å². The van der Waals surface area contributed by atoms with Crippen molar-refractivity contribution in [1.29, 1.82) is 0 Å². The lowest BCUT2D eigenvalue weighted by molar-refractivity contribution is -0.118. The molecule has 10 heteroatoms. The quantitative estimate of drug-likeness (QED) is 0.189. The fourth-order valence-corrected chi connectivity index (χ4v) is 4.93. The van der Waals surface area contributed by atoms with E-state index in [1.54, 1.807) is 42.5 Å². The second-order valence-corrected chi connectivity index (χ2v) is 9.79. The van der Waals surface area contributed by atoms with Gasteiger partial charge < -0.3 is 9.47 Å². The lowest BCUT2D eigenvalue weighted by atomic mass is 10.2. The number of rotatable bonds is 11. The highest BCUT2D eigenvalue weighted by molar-refractivity contribution is 7.99. The second kappa shape index (κ2) is 13.9. The lowest BCUT2D eigenvalue weighted by Crippen LogP contribution is -2.19. The van der Waals surface area contributed by atoms with Gasteiger partial charge in [0.2, 0.25) is 5.91 Å². The molecule has 0 aromatic heterocycles. The minimum atomic E-state index is -0.237. The van der Waals surface area contributed by atoms with Gasteiger partial charge in [-0.3, -0.25) is 4.79 Å². The molecule has 0 aliphatic rings. The molecule has 0 saturated carbocycles. The van der Waals surface area contributed by atoms with Gasteiger partial charge in [0.15, 0.2) is 11.5 Å². The summed E-state index contributed by atoms with van der Waals surface area (Å²) in [6.07, 6.45) is 1.54. The molecule has 184 valence electrons. The van der Waals surface area contributed by atoms with Gasteiger partial charge in [0.1, 0.15) is 6.61 Å². The molecule has 0 unspecified atom stereocenters. The Morgan fingerprint density at radius 2 is 1.74 bits per heavy atom. The van der Waals surface area contributed by atoms with Crippen molar-refractivity contribution in [3.63, 3.8) is 0 Å². The minimum absolute atomic E-state index is 0.211. The molecule has 0 aliphatic heterocycles. The van der Waals surface area contributed by atoms with E-state index in [0.717, 1.165) is 16.7 Å². The van der Waals surface area contributed by atoms with Crippen LogP contribution in [0, 0.1) is 0 Å². The monoisotopic (exact) mass is 570 g/mol. The molecular weight excluding hydrogens is 550 g/mol. The van der Waals surface area contributed by atoms with Crippen LogP contribution in [0.3, 0.4) is 0 Å². The molecule has 0 aliphatic carbocycles. The summed E-state index contributed by atoms with van der Waals surface area (Å²) in [7, 11) is 0. The number of carbonyl (C=O) groups is 1. The maximum Gasteiger partial charge on any atom is 0.250 e. The lowest BCUT2D eigenvalue weighted by Gasteiger charge is -2.13. The number of thioether (sulfide) groups is 1. The number of carbonyl (C=O) groups excluding carboxylic acids is 1. The molecule has 0 atom stereocenters. The van der Waals surface area contributed by atoms with E-state index in [9.17, 15) is 4.79 Å². The molecule has 0 saturated heterocycles. The zero-order valence-corrected chi connectivity index (χ0v) is 22.5. The number of nitrogens with zero attached hydrogens (tertiary/aromatic N) is 1. The number of halogens is 4. The van der Waals surface area contributed by atoms with E-state index >= 15 is 0 Å². The first-order valence-corrected chi connectivity index (χ1v) is 13.2. The van der Waals surface area contributed by atoms with Crippen molar-refractivity contribution in [3.05, 3.63) is 91.4 Å². The van der Waals surface area contributed by atoms with Crippen LogP contribution in [0.2, 0.25) is 20.1 Å². The number of amides is 1. The first kappa shape index (κ1) is 27.5. The zero-order chi connectivity index (χ0) is 25.2. The van der Waals surface area contributed by atoms with Gasteiger partial charge in [-0.15, -0.1) is 11.8 Å². The molecule has 0 spiro atoms. The summed E-state index contributed by atoms with van der Waals surface area (Å²) in [5.41, 5.74) is 4.87. The predicted molar refractivity (Wildman–Crippen MR) is 147 cm³/mol. The van der Waals surface area contributed by atoms with Crippen LogP contribution in [0.5, 0.6) is 11.5 Å². The Morgan fingerprint density at radius 3 is 2.46 bits per heavy atom. The van der Waals surface area contributed by atoms with Crippen LogP contribution >= 0.6 is 58.2 Å². The summed E-state index contributed by atoms with van der Waals surface area (Å²) in [5, 5.41) is 6.29. The van der Waals surface area contributed by atoms with Crippen molar-refractivity contribution in [3.8, 4) is 11.5 Å². The SMILES string of the molecule is CCOc1cc(/C=N\NC(=O)CSCc2c(Cl)cccc2Cl)ccc1OCc1ccc(Cl)cc1Cl. The largest absolute Gasteiger partial charge is 0.490 e. The molecule has 3 rings (SSSR count). The van der Waals surface area contributed by atoms with Crippen LogP contribution in [0.1, 0.15) is 23.6 Å². The number of ether oxygens (including phenoxy) is 2. The van der Waals surface area contributed by atoms with Gasteiger partial charge in [0.05, 0.1) is 18.6 Å². The van der Waals surface area contributed by atoms with Crippen molar-refractivity contribution < 1.29 is 14.3 Å². The highest BCUT2D eigenvalue weighted by atomic mass is 35.5. The molecule has 0 radical (unpaired) electrons. The third-order valence-corrected chi connectivity index (χ3v) is 6.86. The highest BCUT2D eigenvalue weighted by Crippen LogP contribution is 2.30. The number of benzene rings is 3. The van der Waals surface area contributed by atoms with Crippen molar-refractivity contribution >= 4 is 70.3 Å². The van der Waals surface area contributed by atoms with Gasteiger partial charge in [-0.25, -0.2) is 5.43 Å². The van der Waals surface area contributed by atoms with Crippen molar-refractivity contribution in [2.75, 3.05) is 12.4 Å². The smallest absolute Gasteiger partial charge is 0.250 e. The van der Waals surface area contributed by atoms with Gasteiger partial charge in [-0.2, -0.15) is 5.10 Å². The Bertz CT molecular complexity index is 1190. The Kier molecular flexibility index (Phi) is 10.9. The standard InChI is InChI=1S/C25H22Cl4N2O3S/c1-2-33-24-10-16(6-9-23(24)34-13-17-7-8-18(26)11-22(17)29)12-30-31-25(32)15-35-14-19-20(27)4-3-5-21(19)28/h3-12H,2,13-15H2,1H3,(H,31,32)/b30-12-. The summed E-state index contributed by atoms with van der Waals surface area (Å²) in [6, 6.07) is 15.9. The summed E-state index contributed by atoms with van der Waals surface area (Å²) >= 11 is 25.9. The van der Waals surface area contributed by atoms with Gasteiger partial charge in [-0.1, -0.05) is 58.5 Å². The predicted octanol–water partition coefficient (Wildman–Crippen LogP) is 7.66. The van der Waals surface area contributed by atoms with E-state index < -0.39 is 0 Å². The van der Waals surface area contributed by atoms with Crippen LogP contribution in [0.25, 0.3) is 0 Å². The number of nitrogens with one attached hydrogen (secondary N) is 1. The molecule has 35 heavy (non-hydrogen) atoms. The van der Waals surface area contributed by atoms with Gasteiger partial charge >= 0.3 is 0 Å². The van der Waals surface area contributed by atoms with Crippen LogP contribution in [0.4, 0.5) is 0 Å². The average Bonchev–Trinajstić information content (AvgIpc) is 2.81. The number of hydrazone groups is 1. The first-order valence-electron chi connectivity index (χ1n) is 10.5. The van der Waals surface area contributed by atoms with Crippen molar-refractivity contribution in [1.82, 2.24) is 5.43 Å².